The molecule has 2 heterocycles. The van der Waals surface area contributed by atoms with Crippen molar-refractivity contribution in [3.8, 4) is 16.9 Å². The molecule has 2 N–H and O–H groups in total. The molecule has 0 atom stereocenters. The van der Waals surface area contributed by atoms with Crippen LogP contribution in [0.2, 0.25) is 0 Å². The normalized spacial score (nSPS) is 10.9. The van der Waals surface area contributed by atoms with Crippen LogP contribution in [0.4, 0.5) is 0 Å². The molecule has 0 spiro atoms. The number of nitrogens with zero attached hydrogens (tertiary/aromatic N) is 6. The van der Waals surface area contributed by atoms with Crippen LogP contribution in [0, 0.1) is 0 Å². The molecule has 4 rings (SSSR count). The first-order valence-electron chi connectivity index (χ1n) is 7.66. The van der Waals surface area contributed by atoms with Crippen LogP contribution in [0.15, 0.2) is 72.0 Å². The van der Waals surface area contributed by atoms with Gasteiger partial charge in [0.15, 0.2) is 11.0 Å². The van der Waals surface area contributed by atoms with Crippen molar-refractivity contribution in [2.45, 2.75) is 10.9 Å². The smallest absolute Gasteiger partial charge is 0.187 e. The number of hydrogen-bond donors (Lipinski definition) is 1. The van der Waals surface area contributed by atoms with E-state index in [0.717, 1.165) is 22.8 Å². The van der Waals surface area contributed by atoms with Crippen molar-refractivity contribution in [1.82, 2.24) is 29.9 Å². The molecule has 8 heteroatoms. The number of benzene rings is 2. The molecule has 124 valence electrons. The SMILES string of the molecule is Nn1cc(-c2ccccc2)nc1SCc1nnnn1-c1ccccc1. The molecule has 0 amide bonds. The van der Waals surface area contributed by atoms with E-state index in [1.54, 1.807) is 4.68 Å². The maximum Gasteiger partial charge on any atom is 0.187 e. The van der Waals surface area contributed by atoms with Crippen LogP contribution >= 0.6 is 11.8 Å². The molecule has 2 aromatic carbocycles. The third-order valence-electron chi connectivity index (χ3n) is 3.63. The summed E-state index contributed by atoms with van der Waals surface area (Å²) >= 11 is 1.49. The van der Waals surface area contributed by atoms with Gasteiger partial charge in [0, 0.05) is 5.56 Å². The van der Waals surface area contributed by atoms with Gasteiger partial charge in [-0.15, -0.1) is 5.10 Å². The third-order valence-corrected chi connectivity index (χ3v) is 4.60. The Morgan fingerprint density at radius 1 is 0.960 bits per heavy atom. The molecule has 25 heavy (non-hydrogen) atoms. The average molecular weight is 349 g/mol. The Hall–Kier alpha value is -3.13. The van der Waals surface area contributed by atoms with E-state index in [4.69, 9.17) is 5.84 Å². The van der Waals surface area contributed by atoms with E-state index in [1.165, 1.54) is 16.4 Å². The Bertz CT molecular complexity index is 963. The fourth-order valence-electron chi connectivity index (χ4n) is 2.43. The number of imidazole rings is 1. The van der Waals surface area contributed by atoms with Gasteiger partial charge in [0.05, 0.1) is 23.3 Å². The lowest BCUT2D eigenvalue weighted by atomic mass is 10.2. The van der Waals surface area contributed by atoms with E-state index in [2.05, 4.69) is 20.5 Å². The second-order valence-electron chi connectivity index (χ2n) is 5.31. The van der Waals surface area contributed by atoms with Crippen molar-refractivity contribution >= 4 is 11.8 Å². The number of rotatable bonds is 5. The summed E-state index contributed by atoms with van der Waals surface area (Å²) < 4.78 is 3.25. The number of tetrazole rings is 1. The van der Waals surface area contributed by atoms with Gasteiger partial charge >= 0.3 is 0 Å². The summed E-state index contributed by atoms with van der Waals surface area (Å²) in [6.07, 6.45) is 1.82. The zero-order valence-electron chi connectivity index (χ0n) is 13.2. The van der Waals surface area contributed by atoms with Gasteiger partial charge in [-0.2, -0.15) is 4.68 Å². The molecule has 0 fully saturated rings. The molecule has 7 nitrogen and oxygen atoms in total. The van der Waals surface area contributed by atoms with Crippen molar-refractivity contribution in [1.29, 1.82) is 0 Å². The van der Waals surface area contributed by atoms with Crippen LogP contribution in [-0.2, 0) is 5.75 Å². The van der Waals surface area contributed by atoms with Crippen molar-refractivity contribution in [2.24, 2.45) is 0 Å². The molecule has 2 aromatic heterocycles. The van der Waals surface area contributed by atoms with Gasteiger partial charge in [0.1, 0.15) is 0 Å². The quantitative estimate of drug-likeness (QED) is 0.440. The third kappa shape index (κ3) is 3.24. The highest BCUT2D eigenvalue weighted by atomic mass is 32.2. The highest BCUT2D eigenvalue weighted by Crippen LogP contribution is 2.25. The fraction of sp³-hybridized carbons (Fsp3) is 0.0588. The predicted octanol–water partition coefficient (Wildman–Crippen LogP) is 2.53. The lowest BCUT2D eigenvalue weighted by molar-refractivity contribution is 0.777. The van der Waals surface area contributed by atoms with Crippen LogP contribution in [-0.4, -0.2) is 29.9 Å². The maximum absolute atomic E-state index is 6.04. The molecule has 0 saturated carbocycles. The van der Waals surface area contributed by atoms with Crippen LogP contribution in [0.1, 0.15) is 5.82 Å². The second-order valence-corrected chi connectivity index (χ2v) is 6.26. The van der Waals surface area contributed by atoms with Crippen LogP contribution in [0.25, 0.3) is 16.9 Å². The minimum absolute atomic E-state index is 0.560. The molecular formula is C17H15N7S. The number of nitrogens with two attached hydrogens (primary N) is 1. The topological polar surface area (TPSA) is 87.4 Å². The molecule has 0 saturated heterocycles. The van der Waals surface area contributed by atoms with Gasteiger partial charge in [0.25, 0.3) is 0 Å². The molecule has 0 unspecified atom stereocenters. The predicted molar refractivity (Wildman–Crippen MR) is 96.5 cm³/mol. The van der Waals surface area contributed by atoms with Gasteiger partial charge < -0.3 is 5.84 Å². The summed E-state index contributed by atoms with van der Waals surface area (Å²) in [4.78, 5) is 4.60. The van der Waals surface area contributed by atoms with Gasteiger partial charge in [-0.3, -0.25) is 0 Å². The van der Waals surface area contributed by atoms with Crippen molar-refractivity contribution < 1.29 is 0 Å². The first-order valence-corrected chi connectivity index (χ1v) is 8.65. The summed E-state index contributed by atoms with van der Waals surface area (Å²) in [5.74, 6) is 7.34. The average Bonchev–Trinajstić information content (AvgIpc) is 3.28. The van der Waals surface area contributed by atoms with Crippen molar-refractivity contribution in [3.05, 3.63) is 72.7 Å². The number of nitrogen functional groups attached to an aromatic ring is 1. The standard InChI is InChI=1S/C17H15N7S/c18-23-11-15(13-7-3-1-4-8-13)19-17(23)25-12-16-20-21-22-24(16)14-9-5-2-6-10-14/h1-11H,12,18H2. The Morgan fingerprint density at radius 2 is 1.68 bits per heavy atom. The Labute approximate surface area is 148 Å². The molecule has 0 aliphatic carbocycles. The second kappa shape index (κ2) is 6.78. The Morgan fingerprint density at radius 3 is 2.44 bits per heavy atom. The van der Waals surface area contributed by atoms with E-state index in [-0.39, 0.29) is 0 Å². The largest absolute Gasteiger partial charge is 0.337 e. The molecule has 0 aliphatic rings. The summed E-state index contributed by atoms with van der Waals surface area (Å²) in [5.41, 5.74) is 2.79. The number of aromatic nitrogens is 6. The molecule has 0 aliphatic heterocycles. The van der Waals surface area contributed by atoms with Crippen molar-refractivity contribution in [2.75, 3.05) is 5.84 Å². The summed E-state index contributed by atoms with van der Waals surface area (Å²) in [7, 11) is 0. The number of para-hydroxylation sites is 1. The Balaban J connectivity index is 1.53. The van der Waals surface area contributed by atoms with Crippen molar-refractivity contribution in [3.63, 3.8) is 0 Å². The molecule has 0 radical (unpaired) electrons. The zero-order valence-corrected chi connectivity index (χ0v) is 14.0. The maximum atomic E-state index is 6.04. The van der Waals surface area contributed by atoms with Crippen LogP contribution in [0.3, 0.4) is 0 Å². The van der Waals surface area contributed by atoms with Gasteiger partial charge in [0.2, 0.25) is 0 Å². The summed E-state index contributed by atoms with van der Waals surface area (Å²) in [6.45, 7) is 0. The van der Waals surface area contributed by atoms with E-state index in [1.807, 2.05) is 66.9 Å². The minimum Gasteiger partial charge on any atom is -0.337 e. The first kappa shape index (κ1) is 15.4. The highest BCUT2D eigenvalue weighted by molar-refractivity contribution is 7.98. The van der Waals surface area contributed by atoms with Crippen LogP contribution in [0.5, 0.6) is 0 Å². The molecule has 0 bridgehead atoms. The lowest BCUT2D eigenvalue weighted by Crippen LogP contribution is -2.08. The Kier molecular flexibility index (Phi) is 4.17. The monoisotopic (exact) mass is 349 g/mol. The van der Waals surface area contributed by atoms with E-state index < -0.39 is 0 Å². The summed E-state index contributed by atoms with van der Waals surface area (Å²) in [6, 6.07) is 19.7. The van der Waals surface area contributed by atoms with Crippen LogP contribution < -0.4 is 5.84 Å². The molecule has 4 aromatic rings. The highest BCUT2D eigenvalue weighted by Gasteiger charge is 2.12. The fourth-order valence-corrected chi connectivity index (χ4v) is 3.23. The molecular weight excluding hydrogens is 334 g/mol. The van der Waals surface area contributed by atoms with Gasteiger partial charge in [-0.1, -0.05) is 60.3 Å². The van der Waals surface area contributed by atoms with E-state index in [9.17, 15) is 0 Å². The number of thioether (sulfide) groups is 1. The minimum atomic E-state index is 0.560. The van der Waals surface area contributed by atoms with Gasteiger partial charge in [-0.05, 0) is 22.6 Å². The van der Waals surface area contributed by atoms with E-state index in [0.29, 0.717) is 10.9 Å². The number of hydrogen-bond acceptors (Lipinski definition) is 6. The van der Waals surface area contributed by atoms with Gasteiger partial charge in [-0.25, -0.2) is 9.66 Å². The zero-order chi connectivity index (χ0) is 17.1. The van der Waals surface area contributed by atoms with E-state index >= 15 is 0 Å². The lowest BCUT2D eigenvalue weighted by Gasteiger charge is -2.04. The summed E-state index contributed by atoms with van der Waals surface area (Å²) in [5, 5.41) is 12.7. The first-order chi connectivity index (χ1) is 12.3.